The molecule has 0 N–H and O–H groups in total. The summed E-state index contributed by atoms with van der Waals surface area (Å²) < 4.78 is 2.54. The van der Waals surface area contributed by atoms with Crippen molar-refractivity contribution in [1.29, 1.82) is 0 Å². The Balaban J connectivity index is 1.99. The van der Waals surface area contributed by atoms with Gasteiger partial charge in [-0.1, -0.05) is 60.7 Å². The van der Waals surface area contributed by atoms with Gasteiger partial charge in [-0.25, -0.2) is 0 Å². The van der Waals surface area contributed by atoms with Gasteiger partial charge in [-0.2, -0.15) is 0 Å². The van der Waals surface area contributed by atoms with Crippen LogP contribution in [0.1, 0.15) is 30.5 Å². The number of rotatable bonds is 3. The molecule has 2 aliphatic rings. The Labute approximate surface area is 202 Å². The largest absolute Gasteiger partial charge is 0.308 e. The first-order valence-corrected chi connectivity index (χ1v) is 17.3. The summed E-state index contributed by atoms with van der Waals surface area (Å²) in [5.74, 6) is 0. The highest BCUT2D eigenvalue weighted by atomic mass is 32.4. The van der Waals surface area contributed by atoms with Crippen LogP contribution in [0.15, 0.2) is 48.5 Å². The first kappa shape index (κ1) is 22.5. The van der Waals surface area contributed by atoms with Crippen LogP contribution in [0, 0.1) is 20.8 Å². The van der Waals surface area contributed by atoms with Crippen LogP contribution >= 0.6 is 12.2 Å². The monoisotopic (exact) mass is 496 g/mol. The lowest BCUT2D eigenvalue weighted by Gasteiger charge is -2.48. The van der Waals surface area contributed by atoms with E-state index in [0.717, 1.165) is 13.1 Å². The summed E-state index contributed by atoms with van der Waals surface area (Å²) in [5.41, 5.74) is 7.56. The highest BCUT2D eigenvalue weighted by Crippen LogP contribution is 2.61. The molecular weight excluding hydrogens is 466 g/mol. The number of hydrogen-bond acceptors (Lipinski definition) is 3. The minimum atomic E-state index is -2.18. The van der Waals surface area contributed by atoms with Crippen LogP contribution in [0.3, 0.4) is 0 Å². The van der Waals surface area contributed by atoms with Crippen molar-refractivity contribution in [3.8, 4) is 0 Å². The molecular formula is C26H30N2P2S2. The van der Waals surface area contributed by atoms with Crippen LogP contribution in [0.4, 0.5) is 17.1 Å². The van der Waals surface area contributed by atoms with Gasteiger partial charge in [0, 0.05) is 40.3 Å². The fourth-order valence-corrected chi connectivity index (χ4v) is 13.6. The van der Waals surface area contributed by atoms with Gasteiger partial charge in [-0.3, -0.25) is 4.67 Å². The predicted octanol–water partition coefficient (Wildman–Crippen LogP) is 5.46. The van der Waals surface area contributed by atoms with Gasteiger partial charge in [0.1, 0.15) is 0 Å². The average Bonchev–Trinajstić information content (AvgIpc) is 2.75. The third-order valence-corrected chi connectivity index (χ3v) is 15.8. The molecule has 0 fully saturated rings. The third-order valence-electron chi connectivity index (χ3n) is 6.88. The summed E-state index contributed by atoms with van der Waals surface area (Å²) in [6.07, 6.45) is -2.18. The summed E-state index contributed by atoms with van der Waals surface area (Å²) in [6.45, 7) is 15.2. The molecule has 0 radical (unpaired) electrons. The molecule has 3 aromatic rings. The van der Waals surface area contributed by atoms with Gasteiger partial charge in [0.25, 0.3) is 0 Å². The Morgan fingerprint density at radius 1 is 0.719 bits per heavy atom. The number of hydrogen-bond donors (Lipinski definition) is 0. The Bertz CT molecular complexity index is 1370. The average molecular weight is 497 g/mol. The minimum absolute atomic E-state index is 0.944. The van der Waals surface area contributed by atoms with Gasteiger partial charge in [-0.15, -0.1) is 0 Å². The molecule has 0 aromatic heterocycles. The molecule has 2 nitrogen and oxygen atoms in total. The number of anilines is 3. The maximum atomic E-state index is 6.77. The number of aryl methyl sites for hydroxylation is 3. The highest BCUT2D eigenvalue weighted by Gasteiger charge is 2.45. The van der Waals surface area contributed by atoms with E-state index < -0.39 is 12.2 Å². The van der Waals surface area contributed by atoms with E-state index in [1.54, 1.807) is 0 Å². The van der Waals surface area contributed by atoms with Crippen molar-refractivity contribution in [1.82, 2.24) is 4.67 Å². The van der Waals surface area contributed by atoms with Crippen LogP contribution < -0.4 is 26.1 Å². The molecule has 2 aliphatic heterocycles. The summed E-state index contributed by atoms with van der Waals surface area (Å²) in [7, 11) is 0. The molecule has 0 saturated carbocycles. The van der Waals surface area contributed by atoms with E-state index >= 15 is 0 Å². The Kier molecular flexibility index (Phi) is 5.36. The molecule has 32 heavy (non-hydrogen) atoms. The van der Waals surface area contributed by atoms with Gasteiger partial charge in [0.15, 0.2) is 0 Å². The maximum absolute atomic E-state index is 6.77. The van der Waals surface area contributed by atoms with Crippen LogP contribution in [0.2, 0.25) is 0 Å². The van der Waals surface area contributed by atoms with Crippen molar-refractivity contribution in [2.75, 3.05) is 24.7 Å². The van der Waals surface area contributed by atoms with E-state index in [4.69, 9.17) is 23.6 Å². The van der Waals surface area contributed by atoms with E-state index in [1.165, 1.54) is 55.0 Å². The molecule has 0 aliphatic carbocycles. The lowest BCUT2D eigenvalue weighted by Crippen LogP contribution is -2.46. The molecule has 2 heterocycles. The second-order valence-corrected chi connectivity index (χ2v) is 18.4. The van der Waals surface area contributed by atoms with Crippen LogP contribution in [0.5, 0.6) is 0 Å². The zero-order valence-electron chi connectivity index (χ0n) is 19.6. The molecule has 0 amide bonds. The van der Waals surface area contributed by atoms with Crippen molar-refractivity contribution in [2.24, 2.45) is 0 Å². The lowest BCUT2D eigenvalue weighted by molar-refractivity contribution is 0.513. The second-order valence-electron chi connectivity index (χ2n) is 9.11. The highest BCUT2D eigenvalue weighted by molar-refractivity contribution is 8.22. The van der Waals surface area contributed by atoms with Crippen LogP contribution in [-0.2, 0) is 23.6 Å². The van der Waals surface area contributed by atoms with E-state index in [-0.39, 0.29) is 0 Å². The maximum Gasteiger partial charge on any atom is 0.0751 e. The normalized spacial score (nSPS) is 23.0. The molecule has 3 aromatic carbocycles. The molecule has 0 spiro atoms. The first-order chi connectivity index (χ1) is 15.1. The molecule has 0 bridgehead atoms. The number of nitrogens with zero attached hydrogens (tertiary/aromatic N) is 2. The first-order valence-electron chi connectivity index (χ1n) is 11.3. The minimum Gasteiger partial charge on any atom is -0.308 e. The van der Waals surface area contributed by atoms with Crippen molar-refractivity contribution in [2.45, 2.75) is 34.6 Å². The molecule has 0 saturated heterocycles. The number of benzene rings is 3. The fraction of sp³-hybridized carbons (Fsp3) is 0.308. The predicted molar refractivity (Wildman–Crippen MR) is 151 cm³/mol. The summed E-state index contributed by atoms with van der Waals surface area (Å²) in [4.78, 5) is 2.48. The molecule has 5 rings (SSSR count). The van der Waals surface area contributed by atoms with Gasteiger partial charge in [0.2, 0.25) is 0 Å². The molecule has 6 heteroatoms. The van der Waals surface area contributed by atoms with Crippen LogP contribution in [0.25, 0.3) is 0 Å². The van der Waals surface area contributed by atoms with Gasteiger partial charge in [0.05, 0.1) is 23.3 Å². The summed E-state index contributed by atoms with van der Waals surface area (Å²) >= 11 is 13.2. The quantitative estimate of drug-likeness (QED) is 0.445. The SMILES string of the molecule is CCN(CC)P1(=S)c2cc(C)ccc2N2c3ccc(C)cc3P(C)(=S)c3cc(C)cc1c32. The standard InChI is InChI=1S/C26H30N2P2S2/c1-7-27(8-2)30(32)23-14-18(4)10-12-21(23)28-20-11-9-17(3)13-22(20)29(6,31)24-15-19(5)16-25(30)26(24)28/h9-16H,7-8H2,1-6H3. The Morgan fingerprint density at radius 3 is 1.81 bits per heavy atom. The van der Waals surface area contributed by atoms with E-state index in [0.29, 0.717) is 0 Å². The van der Waals surface area contributed by atoms with E-state index in [9.17, 15) is 0 Å². The third kappa shape index (κ3) is 2.93. The number of fused-ring (bicyclic) bond motifs is 4. The lowest BCUT2D eigenvalue weighted by atomic mass is 10.1. The molecule has 2 unspecified atom stereocenters. The Morgan fingerprint density at radius 2 is 1.22 bits per heavy atom. The van der Waals surface area contributed by atoms with E-state index in [2.05, 4.69) is 99.4 Å². The summed E-state index contributed by atoms with van der Waals surface area (Å²) in [6, 6.07) is 16.4. The van der Waals surface area contributed by atoms with Crippen LogP contribution in [-0.4, -0.2) is 24.4 Å². The summed E-state index contributed by atoms with van der Waals surface area (Å²) in [5, 5.41) is 5.29. The van der Waals surface area contributed by atoms with Gasteiger partial charge in [-0.05, 0) is 69.4 Å². The molecule has 2 atom stereocenters. The molecule has 166 valence electrons. The second kappa shape index (κ2) is 7.62. The van der Waals surface area contributed by atoms with Gasteiger partial charge < -0.3 is 4.90 Å². The zero-order chi connectivity index (χ0) is 23.0. The van der Waals surface area contributed by atoms with Crippen molar-refractivity contribution in [3.05, 3.63) is 65.2 Å². The van der Waals surface area contributed by atoms with E-state index in [1.807, 2.05) is 0 Å². The topological polar surface area (TPSA) is 6.48 Å². The van der Waals surface area contributed by atoms with Crippen molar-refractivity contribution in [3.63, 3.8) is 0 Å². The van der Waals surface area contributed by atoms with Crippen molar-refractivity contribution < 1.29 is 0 Å². The fourth-order valence-electron chi connectivity index (χ4n) is 5.31. The zero-order valence-corrected chi connectivity index (χ0v) is 23.1. The smallest absolute Gasteiger partial charge is 0.0751 e. The Hall–Kier alpha value is -1.28. The van der Waals surface area contributed by atoms with Gasteiger partial charge >= 0.3 is 0 Å². The van der Waals surface area contributed by atoms with Crippen molar-refractivity contribution >= 4 is 74.1 Å².